The van der Waals surface area contributed by atoms with Crippen molar-refractivity contribution >= 4 is 6.01 Å². The molecule has 0 radical (unpaired) electrons. The molecule has 0 aromatic carbocycles. The average Bonchev–Trinajstić information content (AvgIpc) is 2.71. The summed E-state index contributed by atoms with van der Waals surface area (Å²) >= 11 is 0. The van der Waals surface area contributed by atoms with Crippen LogP contribution in [0, 0.1) is 6.92 Å². The molecule has 0 aliphatic rings. The summed E-state index contributed by atoms with van der Waals surface area (Å²) < 4.78 is 9.88. The molecule has 2 rings (SSSR count). The molecule has 0 aliphatic heterocycles. The second-order valence-corrected chi connectivity index (χ2v) is 2.46. The molecule has 13 heavy (non-hydrogen) atoms. The number of nitrogens with zero attached hydrogens (tertiary/aromatic N) is 3. The standard InChI is InChI=1S/C7H8N4O2/c1-5-10-11-7(13-5)8-2-6-3-12-4-9-6/h3-4H,2H2,1H3,(H,8,11). The molecule has 2 aromatic rings. The van der Waals surface area contributed by atoms with Gasteiger partial charge in [0, 0.05) is 6.92 Å². The number of oxazole rings is 1. The van der Waals surface area contributed by atoms with Crippen molar-refractivity contribution in [3.8, 4) is 0 Å². The second kappa shape index (κ2) is 3.26. The van der Waals surface area contributed by atoms with Gasteiger partial charge in [0.2, 0.25) is 5.89 Å². The van der Waals surface area contributed by atoms with E-state index in [1.807, 2.05) is 0 Å². The fourth-order valence-corrected chi connectivity index (χ4v) is 0.859. The van der Waals surface area contributed by atoms with E-state index >= 15 is 0 Å². The van der Waals surface area contributed by atoms with Crippen molar-refractivity contribution in [2.24, 2.45) is 0 Å². The Morgan fingerprint density at radius 1 is 1.46 bits per heavy atom. The summed E-state index contributed by atoms with van der Waals surface area (Å²) in [7, 11) is 0. The molecule has 2 heterocycles. The van der Waals surface area contributed by atoms with E-state index in [0.717, 1.165) is 5.69 Å². The molecule has 0 atom stereocenters. The number of nitrogens with one attached hydrogen (secondary N) is 1. The highest BCUT2D eigenvalue weighted by atomic mass is 16.4. The zero-order chi connectivity index (χ0) is 9.10. The number of anilines is 1. The Bertz CT molecular complexity index is 368. The van der Waals surface area contributed by atoms with Crippen molar-refractivity contribution < 1.29 is 8.83 Å². The van der Waals surface area contributed by atoms with Crippen LogP contribution in [0.25, 0.3) is 0 Å². The Kier molecular flexibility index (Phi) is 1.95. The van der Waals surface area contributed by atoms with Gasteiger partial charge in [-0.05, 0) is 0 Å². The maximum Gasteiger partial charge on any atom is 0.315 e. The van der Waals surface area contributed by atoms with Gasteiger partial charge in [-0.25, -0.2) is 4.98 Å². The number of hydrogen-bond acceptors (Lipinski definition) is 6. The molecule has 0 fully saturated rings. The third-order valence-corrected chi connectivity index (χ3v) is 1.43. The number of rotatable bonds is 3. The number of hydrogen-bond donors (Lipinski definition) is 1. The Hall–Kier alpha value is -1.85. The van der Waals surface area contributed by atoms with Gasteiger partial charge in [0.05, 0.1) is 12.2 Å². The molecule has 0 aliphatic carbocycles. The third kappa shape index (κ3) is 1.84. The average molecular weight is 180 g/mol. The SMILES string of the molecule is Cc1nnc(NCc2cocn2)o1. The summed E-state index contributed by atoms with van der Waals surface area (Å²) in [5.41, 5.74) is 0.788. The summed E-state index contributed by atoms with van der Waals surface area (Å²) in [5.74, 6) is 0.530. The van der Waals surface area contributed by atoms with Gasteiger partial charge in [-0.1, -0.05) is 5.10 Å². The summed E-state index contributed by atoms with van der Waals surface area (Å²) in [6, 6.07) is 0.389. The first-order valence-electron chi connectivity index (χ1n) is 3.75. The van der Waals surface area contributed by atoms with E-state index in [9.17, 15) is 0 Å². The predicted molar refractivity (Wildman–Crippen MR) is 42.9 cm³/mol. The fraction of sp³-hybridized carbons (Fsp3) is 0.286. The second-order valence-electron chi connectivity index (χ2n) is 2.46. The molecular weight excluding hydrogens is 172 g/mol. The molecule has 6 nitrogen and oxygen atoms in total. The van der Waals surface area contributed by atoms with Crippen molar-refractivity contribution in [1.29, 1.82) is 0 Å². The Morgan fingerprint density at radius 3 is 3.00 bits per heavy atom. The van der Waals surface area contributed by atoms with Gasteiger partial charge in [0.15, 0.2) is 6.39 Å². The molecule has 0 saturated carbocycles. The molecule has 0 saturated heterocycles. The molecule has 0 unspecified atom stereocenters. The summed E-state index contributed by atoms with van der Waals surface area (Å²) in [5, 5.41) is 10.3. The van der Waals surface area contributed by atoms with Crippen LogP contribution in [0.2, 0.25) is 0 Å². The van der Waals surface area contributed by atoms with Gasteiger partial charge in [0.25, 0.3) is 0 Å². The minimum absolute atomic E-state index is 0.389. The van der Waals surface area contributed by atoms with E-state index in [0.29, 0.717) is 18.5 Å². The van der Waals surface area contributed by atoms with Gasteiger partial charge in [-0.15, -0.1) is 5.10 Å². The number of aryl methyl sites for hydroxylation is 1. The fourth-order valence-electron chi connectivity index (χ4n) is 0.859. The molecule has 0 spiro atoms. The largest absolute Gasteiger partial charge is 0.451 e. The van der Waals surface area contributed by atoms with Crippen molar-refractivity contribution in [2.45, 2.75) is 13.5 Å². The van der Waals surface area contributed by atoms with Crippen LogP contribution in [-0.2, 0) is 6.54 Å². The highest BCUT2D eigenvalue weighted by Crippen LogP contribution is 2.05. The zero-order valence-corrected chi connectivity index (χ0v) is 7.02. The minimum atomic E-state index is 0.389. The lowest BCUT2D eigenvalue weighted by molar-refractivity contribution is 0.530. The Morgan fingerprint density at radius 2 is 2.38 bits per heavy atom. The first-order chi connectivity index (χ1) is 6.34. The Balaban J connectivity index is 1.93. The maximum atomic E-state index is 5.09. The van der Waals surface area contributed by atoms with E-state index in [2.05, 4.69) is 20.5 Å². The van der Waals surface area contributed by atoms with E-state index in [1.54, 1.807) is 13.2 Å². The van der Waals surface area contributed by atoms with Gasteiger partial charge in [-0.2, -0.15) is 0 Å². The van der Waals surface area contributed by atoms with Crippen LogP contribution in [0.3, 0.4) is 0 Å². The van der Waals surface area contributed by atoms with E-state index in [4.69, 9.17) is 8.83 Å². The van der Waals surface area contributed by atoms with Crippen LogP contribution in [0.5, 0.6) is 0 Å². The first-order valence-corrected chi connectivity index (χ1v) is 3.75. The monoisotopic (exact) mass is 180 g/mol. The highest BCUT2D eigenvalue weighted by molar-refractivity contribution is 5.18. The summed E-state index contributed by atoms with van der Waals surface area (Å²) in [4.78, 5) is 3.92. The third-order valence-electron chi connectivity index (χ3n) is 1.43. The van der Waals surface area contributed by atoms with Crippen molar-refractivity contribution in [3.05, 3.63) is 24.2 Å². The van der Waals surface area contributed by atoms with Gasteiger partial charge in [-0.3, -0.25) is 0 Å². The van der Waals surface area contributed by atoms with Crippen LogP contribution in [-0.4, -0.2) is 15.2 Å². The molecule has 1 N–H and O–H groups in total. The van der Waals surface area contributed by atoms with Crippen molar-refractivity contribution in [2.75, 3.05) is 5.32 Å². The molecule has 2 aromatic heterocycles. The van der Waals surface area contributed by atoms with Gasteiger partial charge in [0.1, 0.15) is 6.26 Å². The molecule has 0 bridgehead atoms. The molecule has 6 heteroatoms. The lowest BCUT2D eigenvalue weighted by atomic mass is 10.5. The lowest BCUT2D eigenvalue weighted by Gasteiger charge is -1.94. The molecule has 0 amide bonds. The summed E-state index contributed by atoms with van der Waals surface area (Å²) in [6.07, 6.45) is 2.92. The topological polar surface area (TPSA) is 77.0 Å². The predicted octanol–water partition coefficient (Wildman–Crippen LogP) is 0.978. The van der Waals surface area contributed by atoms with Crippen LogP contribution < -0.4 is 5.32 Å². The maximum absolute atomic E-state index is 5.09. The molecule has 68 valence electrons. The van der Waals surface area contributed by atoms with E-state index in [1.165, 1.54) is 6.39 Å². The first kappa shape index (κ1) is 7.78. The number of aromatic nitrogens is 3. The lowest BCUT2D eigenvalue weighted by Crippen LogP contribution is -1.99. The van der Waals surface area contributed by atoms with Crippen LogP contribution >= 0.6 is 0 Å². The van der Waals surface area contributed by atoms with E-state index in [-0.39, 0.29) is 0 Å². The van der Waals surface area contributed by atoms with Crippen molar-refractivity contribution in [3.63, 3.8) is 0 Å². The van der Waals surface area contributed by atoms with Crippen LogP contribution in [0.4, 0.5) is 6.01 Å². The van der Waals surface area contributed by atoms with Crippen LogP contribution in [0.1, 0.15) is 11.6 Å². The Labute approximate surface area is 74.0 Å². The van der Waals surface area contributed by atoms with Crippen LogP contribution in [0.15, 0.2) is 21.5 Å². The van der Waals surface area contributed by atoms with E-state index < -0.39 is 0 Å². The smallest absolute Gasteiger partial charge is 0.315 e. The van der Waals surface area contributed by atoms with Gasteiger partial charge < -0.3 is 14.2 Å². The van der Waals surface area contributed by atoms with Crippen molar-refractivity contribution in [1.82, 2.24) is 15.2 Å². The minimum Gasteiger partial charge on any atom is -0.451 e. The summed E-state index contributed by atoms with van der Waals surface area (Å²) in [6.45, 7) is 2.24. The highest BCUT2D eigenvalue weighted by Gasteiger charge is 2.01. The molecular formula is C7H8N4O2. The normalized spacial score (nSPS) is 10.2. The zero-order valence-electron chi connectivity index (χ0n) is 7.02. The van der Waals surface area contributed by atoms with Gasteiger partial charge >= 0.3 is 6.01 Å². The quantitative estimate of drug-likeness (QED) is 0.758.